The first kappa shape index (κ1) is 24.5. The van der Waals surface area contributed by atoms with Crippen molar-refractivity contribution in [1.82, 2.24) is 4.37 Å². The number of nitrogens with zero attached hydrogens (tertiary/aromatic N) is 2. The van der Waals surface area contributed by atoms with Crippen LogP contribution in [0.3, 0.4) is 0 Å². The number of rotatable bonds is 5. The summed E-state index contributed by atoms with van der Waals surface area (Å²) in [7, 11) is 0. The number of fused-ring (bicyclic) bond motifs is 5. The second kappa shape index (κ2) is 10.3. The van der Waals surface area contributed by atoms with Gasteiger partial charge in [0.05, 0.1) is 10.4 Å². The van der Waals surface area contributed by atoms with E-state index >= 15 is 0 Å². The molecule has 0 aliphatic rings. The molecule has 198 valence electrons. The molecule has 0 aliphatic heterocycles. The van der Waals surface area contributed by atoms with E-state index in [1.165, 1.54) is 42.8 Å². The lowest BCUT2D eigenvalue weighted by atomic mass is 9.98. The summed E-state index contributed by atoms with van der Waals surface area (Å²) in [5, 5.41) is 6.16. The topological polar surface area (TPSA) is 16.1 Å². The molecule has 8 rings (SSSR count). The lowest BCUT2D eigenvalue weighted by Gasteiger charge is -2.26. The molecule has 0 atom stereocenters. The summed E-state index contributed by atoms with van der Waals surface area (Å²) in [4.78, 5) is 2.34. The van der Waals surface area contributed by atoms with Crippen LogP contribution >= 0.6 is 11.5 Å². The maximum atomic E-state index is 4.94. The summed E-state index contributed by atoms with van der Waals surface area (Å²) in [6.45, 7) is 0. The maximum absolute atomic E-state index is 4.94. The quantitative estimate of drug-likeness (QED) is 0.197. The van der Waals surface area contributed by atoms with Crippen LogP contribution < -0.4 is 4.90 Å². The summed E-state index contributed by atoms with van der Waals surface area (Å²) in [5.74, 6) is 0. The van der Waals surface area contributed by atoms with Crippen molar-refractivity contribution in [1.29, 1.82) is 0 Å². The average molecular weight is 555 g/mol. The van der Waals surface area contributed by atoms with Crippen molar-refractivity contribution in [3.63, 3.8) is 0 Å². The van der Waals surface area contributed by atoms with Crippen LogP contribution in [0.1, 0.15) is 0 Å². The Kier molecular flexibility index (Phi) is 6.02. The number of aromatic nitrogens is 1. The van der Waals surface area contributed by atoms with Crippen molar-refractivity contribution in [2.24, 2.45) is 0 Å². The second-order valence-electron chi connectivity index (χ2n) is 10.5. The Labute approximate surface area is 248 Å². The summed E-state index contributed by atoms with van der Waals surface area (Å²) in [6.07, 6.45) is 0. The first-order valence-corrected chi connectivity index (χ1v) is 14.9. The Morgan fingerprint density at radius 1 is 0.429 bits per heavy atom. The molecule has 0 unspecified atom stereocenters. The van der Waals surface area contributed by atoms with Crippen LogP contribution in [0.25, 0.3) is 54.0 Å². The van der Waals surface area contributed by atoms with Crippen LogP contribution in [0.5, 0.6) is 0 Å². The van der Waals surface area contributed by atoms with Gasteiger partial charge in [-0.2, -0.15) is 4.37 Å². The van der Waals surface area contributed by atoms with Gasteiger partial charge in [0, 0.05) is 33.4 Å². The first-order chi connectivity index (χ1) is 20.8. The fraction of sp³-hybridized carbons (Fsp3) is 0. The van der Waals surface area contributed by atoms with E-state index in [1.807, 2.05) is 0 Å². The van der Waals surface area contributed by atoms with Gasteiger partial charge in [0.25, 0.3) is 0 Å². The number of hydrogen-bond donors (Lipinski definition) is 0. The van der Waals surface area contributed by atoms with Gasteiger partial charge in [0.1, 0.15) is 0 Å². The van der Waals surface area contributed by atoms with Crippen LogP contribution in [0, 0.1) is 0 Å². The number of benzene rings is 7. The molecule has 3 heteroatoms. The fourth-order valence-corrected chi connectivity index (χ4v) is 6.89. The number of para-hydroxylation sites is 1. The van der Waals surface area contributed by atoms with Gasteiger partial charge in [-0.15, -0.1) is 0 Å². The molecule has 0 spiro atoms. The van der Waals surface area contributed by atoms with E-state index < -0.39 is 0 Å². The highest BCUT2D eigenvalue weighted by molar-refractivity contribution is 7.15. The lowest BCUT2D eigenvalue weighted by Crippen LogP contribution is -2.09. The highest BCUT2D eigenvalue weighted by atomic mass is 32.1. The number of anilines is 3. The molecule has 7 aromatic carbocycles. The van der Waals surface area contributed by atoms with E-state index in [0.29, 0.717) is 0 Å². The zero-order chi connectivity index (χ0) is 27.9. The van der Waals surface area contributed by atoms with Crippen LogP contribution in [0.15, 0.2) is 158 Å². The molecule has 0 N–H and O–H groups in total. The van der Waals surface area contributed by atoms with Gasteiger partial charge >= 0.3 is 0 Å². The number of hydrogen-bond acceptors (Lipinski definition) is 3. The predicted molar refractivity (Wildman–Crippen MR) is 180 cm³/mol. The van der Waals surface area contributed by atoms with E-state index in [2.05, 4.69) is 163 Å². The van der Waals surface area contributed by atoms with Crippen molar-refractivity contribution in [3.05, 3.63) is 158 Å². The van der Waals surface area contributed by atoms with Crippen molar-refractivity contribution >= 4 is 60.2 Å². The first-order valence-electron chi connectivity index (χ1n) is 14.1. The second-order valence-corrected chi connectivity index (χ2v) is 11.3. The molecule has 0 amide bonds. The summed E-state index contributed by atoms with van der Waals surface area (Å²) < 4.78 is 6.17. The SMILES string of the molecule is c1ccc(-c2ccc(N(c3ccccc3)c3ccc4ccc5ccc6c(-c7ccccc7)nsc6c5c4c3)cc2)cc1. The lowest BCUT2D eigenvalue weighted by molar-refractivity contribution is 1.29. The highest BCUT2D eigenvalue weighted by Crippen LogP contribution is 2.42. The Morgan fingerprint density at radius 2 is 0.976 bits per heavy atom. The van der Waals surface area contributed by atoms with Gasteiger partial charge in [-0.05, 0) is 75.2 Å². The maximum Gasteiger partial charge on any atom is 0.0919 e. The fourth-order valence-electron chi connectivity index (χ4n) is 5.92. The van der Waals surface area contributed by atoms with Gasteiger partial charge in [-0.3, -0.25) is 0 Å². The van der Waals surface area contributed by atoms with Gasteiger partial charge in [0.2, 0.25) is 0 Å². The van der Waals surface area contributed by atoms with Crippen molar-refractivity contribution in [3.8, 4) is 22.4 Å². The van der Waals surface area contributed by atoms with Gasteiger partial charge in [-0.1, -0.05) is 121 Å². The molecule has 0 fully saturated rings. The molecular formula is C39H26N2S. The van der Waals surface area contributed by atoms with Gasteiger partial charge < -0.3 is 4.90 Å². The minimum Gasteiger partial charge on any atom is -0.310 e. The minimum absolute atomic E-state index is 1.05. The van der Waals surface area contributed by atoms with Gasteiger partial charge in [0.15, 0.2) is 0 Å². The molecule has 0 bridgehead atoms. The summed E-state index contributed by atoms with van der Waals surface area (Å²) >= 11 is 1.60. The average Bonchev–Trinajstić information content (AvgIpc) is 3.51. The third kappa shape index (κ3) is 4.23. The standard InChI is InChI=1S/C39H26N2S/c1-4-10-27(11-5-1)28-18-22-33(23-19-28)41(32-14-8-3-9-15-32)34-24-20-29-16-17-30-21-25-35-38(31-12-6-2-7-13-31)40-42-39(35)37(30)36(29)26-34/h1-26H. The van der Waals surface area contributed by atoms with Crippen LogP contribution in [-0.2, 0) is 0 Å². The Morgan fingerprint density at radius 3 is 1.71 bits per heavy atom. The molecule has 2 nitrogen and oxygen atoms in total. The van der Waals surface area contributed by atoms with Crippen molar-refractivity contribution < 1.29 is 0 Å². The molecule has 0 radical (unpaired) electrons. The van der Waals surface area contributed by atoms with Crippen LogP contribution in [0.2, 0.25) is 0 Å². The molecule has 1 aromatic heterocycles. The van der Waals surface area contributed by atoms with Gasteiger partial charge in [-0.25, -0.2) is 0 Å². The smallest absolute Gasteiger partial charge is 0.0919 e. The molecule has 0 aliphatic carbocycles. The predicted octanol–water partition coefficient (Wildman–Crippen LogP) is 11.4. The van der Waals surface area contributed by atoms with E-state index in [-0.39, 0.29) is 0 Å². The molecule has 42 heavy (non-hydrogen) atoms. The third-order valence-electron chi connectivity index (χ3n) is 7.97. The largest absolute Gasteiger partial charge is 0.310 e. The Hall–Kier alpha value is -5.25. The van der Waals surface area contributed by atoms with Crippen LogP contribution in [0.4, 0.5) is 17.1 Å². The zero-order valence-electron chi connectivity index (χ0n) is 22.8. The van der Waals surface area contributed by atoms with Crippen molar-refractivity contribution in [2.45, 2.75) is 0 Å². The normalized spacial score (nSPS) is 11.3. The summed E-state index contributed by atoms with van der Waals surface area (Å²) in [5.41, 5.74) is 8.00. The van der Waals surface area contributed by atoms with Crippen LogP contribution in [-0.4, -0.2) is 4.37 Å². The monoisotopic (exact) mass is 554 g/mol. The molecule has 0 saturated heterocycles. The minimum atomic E-state index is 1.05. The Bertz CT molecular complexity index is 2170. The van der Waals surface area contributed by atoms with E-state index in [1.54, 1.807) is 11.5 Å². The van der Waals surface area contributed by atoms with E-state index in [0.717, 1.165) is 28.3 Å². The third-order valence-corrected chi connectivity index (χ3v) is 8.85. The van der Waals surface area contributed by atoms with E-state index in [9.17, 15) is 0 Å². The Balaban J connectivity index is 1.32. The zero-order valence-corrected chi connectivity index (χ0v) is 23.6. The van der Waals surface area contributed by atoms with E-state index in [4.69, 9.17) is 4.37 Å². The molecule has 0 saturated carbocycles. The van der Waals surface area contributed by atoms with Crippen molar-refractivity contribution in [2.75, 3.05) is 4.90 Å². The summed E-state index contributed by atoms with van der Waals surface area (Å²) in [6, 6.07) is 56.2. The molecular weight excluding hydrogens is 529 g/mol. The molecule has 8 aromatic rings. The highest BCUT2D eigenvalue weighted by Gasteiger charge is 2.16. The molecule has 1 heterocycles.